The summed E-state index contributed by atoms with van der Waals surface area (Å²) >= 11 is 0. The van der Waals surface area contributed by atoms with E-state index < -0.39 is 30.5 Å². The van der Waals surface area contributed by atoms with Crippen molar-refractivity contribution >= 4 is 0 Å². The number of aliphatic hydroxyl groups is 4. The van der Waals surface area contributed by atoms with Gasteiger partial charge in [-0.25, -0.2) is 0 Å². The van der Waals surface area contributed by atoms with Gasteiger partial charge in [0.1, 0.15) is 24.4 Å². The standard InChI is InChI=1S/C7H14O5/c1-3-5(9)7(11)6(10)4(2-8)12-3/h3-11H,2H2,1H3/t3-,4+,5+,6-,7+/m1/s1. The second kappa shape index (κ2) is 3.68. The zero-order chi connectivity index (χ0) is 9.30. The molecule has 0 aromatic rings. The monoisotopic (exact) mass is 178 g/mol. The predicted octanol–water partition coefficient (Wildman–Crippen LogP) is -2.15. The van der Waals surface area contributed by atoms with Crippen molar-refractivity contribution in [3.05, 3.63) is 0 Å². The van der Waals surface area contributed by atoms with Crippen molar-refractivity contribution < 1.29 is 25.2 Å². The summed E-state index contributed by atoms with van der Waals surface area (Å²) in [6, 6.07) is 0. The maximum Gasteiger partial charge on any atom is 0.111 e. The minimum Gasteiger partial charge on any atom is -0.394 e. The van der Waals surface area contributed by atoms with E-state index in [1.54, 1.807) is 6.92 Å². The molecule has 1 fully saturated rings. The van der Waals surface area contributed by atoms with Crippen LogP contribution in [-0.4, -0.2) is 57.6 Å². The number of hydrogen-bond donors (Lipinski definition) is 4. The summed E-state index contributed by atoms with van der Waals surface area (Å²) in [6.45, 7) is 1.21. The highest BCUT2D eigenvalue weighted by Crippen LogP contribution is 2.20. The first-order valence-electron chi connectivity index (χ1n) is 3.88. The van der Waals surface area contributed by atoms with E-state index >= 15 is 0 Å². The van der Waals surface area contributed by atoms with Crippen LogP contribution in [0.3, 0.4) is 0 Å². The first-order chi connectivity index (χ1) is 5.57. The molecule has 0 spiro atoms. The molecule has 4 N–H and O–H groups in total. The van der Waals surface area contributed by atoms with Gasteiger partial charge in [0, 0.05) is 0 Å². The van der Waals surface area contributed by atoms with Crippen LogP contribution in [0, 0.1) is 0 Å². The Morgan fingerprint density at radius 1 is 1.08 bits per heavy atom. The molecule has 72 valence electrons. The Bertz CT molecular complexity index is 146. The van der Waals surface area contributed by atoms with Gasteiger partial charge in [-0.05, 0) is 6.92 Å². The maximum atomic E-state index is 9.23. The Morgan fingerprint density at radius 3 is 2.17 bits per heavy atom. The summed E-state index contributed by atoms with van der Waals surface area (Å²) in [5.41, 5.74) is 0. The Kier molecular flexibility index (Phi) is 3.03. The third-order valence-corrected chi connectivity index (χ3v) is 2.13. The lowest BCUT2D eigenvalue weighted by molar-refractivity contribution is -0.224. The lowest BCUT2D eigenvalue weighted by atomic mass is 9.96. The summed E-state index contributed by atoms with van der Waals surface area (Å²) in [7, 11) is 0. The van der Waals surface area contributed by atoms with E-state index in [0.29, 0.717) is 0 Å². The van der Waals surface area contributed by atoms with E-state index in [1.807, 2.05) is 0 Å². The van der Waals surface area contributed by atoms with Crippen molar-refractivity contribution in [2.24, 2.45) is 0 Å². The average molecular weight is 178 g/mol. The highest BCUT2D eigenvalue weighted by atomic mass is 16.5. The van der Waals surface area contributed by atoms with E-state index in [1.165, 1.54) is 0 Å². The van der Waals surface area contributed by atoms with Crippen LogP contribution >= 0.6 is 0 Å². The molecule has 0 unspecified atom stereocenters. The molecule has 0 saturated carbocycles. The molecule has 0 aliphatic carbocycles. The summed E-state index contributed by atoms with van der Waals surface area (Å²) in [4.78, 5) is 0. The predicted molar refractivity (Wildman–Crippen MR) is 39.4 cm³/mol. The molecule has 1 saturated heterocycles. The van der Waals surface area contributed by atoms with Crippen LogP contribution in [0.15, 0.2) is 0 Å². The zero-order valence-electron chi connectivity index (χ0n) is 6.79. The molecule has 5 atom stereocenters. The fraction of sp³-hybridized carbons (Fsp3) is 1.00. The summed E-state index contributed by atoms with van der Waals surface area (Å²) in [5.74, 6) is 0. The van der Waals surface area contributed by atoms with Crippen molar-refractivity contribution in [1.29, 1.82) is 0 Å². The largest absolute Gasteiger partial charge is 0.394 e. The molecule has 1 aliphatic heterocycles. The second-order valence-corrected chi connectivity index (χ2v) is 3.03. The van der Waals surface area contributed by atoms with Crippen LogP contribution in [0.5, 0.6) is 0 Å². The molecular formula is C7H14O5. The Morgan fingerprint density at radius 2 is 1.67 bits per heavy atom. The first kappa shape index (κ1) is 9.88. The third kappa shape index (κ3) is 1.60. The molecule has 12 heavy (non-hydrogen) atoms. The zero-order valence-corrected chi connectivity index (χ0v) is 6.79. The van der Waals surface area contributed by atoms with Gasteiger partial charge in [-0.3, -0.25) is 0 Å². The molecule has 1 rings (SSSR count). The van der Waals surface area contributed by atoms with Gasteiger partial charge in [0.05, 0.1) is 12.7 Å². The Hall–Kier alpha value is -0.200. The molecule has 5 heteroatoms. The van der Waals surface area contributed by atoms with Crippen molar-refractivity contribution in [2.45, 2.75) is 37.4 Å². The highest BCUT2D eigenvalue weighted by Gasteiger charge is 2.41. The Balaban J connectivity index is 2.63. The van der Waals surface area contributed by atoms with Crippen molar-refractivity contribution in [2.75, 3.05) is 6.61 Å². The van der Waals surface area contributed by atoms with Gasteiger partial charge in [-0.1, -0.05) is 0 Å². The van der Waals surface area contributed by atoms with Crippen molar-refractivity contribution in [1.82, 2.24) is 0 Å². The normalized spacial score (nSPS) is 49.2. The van der Waals surface area contributed by atoms with Gasteiger partial charge in [0.15, 0.2) is 0 Å². The van der Waals surface area contributed by atoms with Crippen LogP contribution in [-0.2, 0) is 4.74 Å². The fourth-order valence-electron chi connectivity index (χ4n) is 1.29. The lowest BCUT2D eigenvalue weighted by Gasteiger charge is -2.38. The van der Waals surface area contributed by atoms with E-state index in [9.17, 15) is 15.3 Å². The van der Waals surface area contributed by atoms with E-state index in [0.717, 1.165) is 0 Å². The van der Waals surface area contributed by atoms with E-state index in [-0.39, 0.29) is 6.61 Å². The van der Waals surface area contributed by atoms with Gasteiger partial charge in [0.2, 0.25) is 0 Å². The summed E-state index contributed by atoms with van der Waals surface area (Å²) in [6.07, 6.45) is -4.94. The third-order valence-electron chi connectivity index (χ3n) is 2.13. The van der Waals surface area contributed by atoms with Crippen LogP contribution in [0.4, 0.5) is 0 Å². The van der Waals surface area contributed by atoms with Crippen LogP contribution in [0.2, 0.25) is 0 Å². The molecule has 0 bridgehead atoms. The number of ether oxygens (including phenoxy) is 1. The molecule has 1 heterocycles. The molecule has 0 radical (unpaired) electrons. The van der Waals surface area contributed by atoms with Crippen LogP contribution in [0.25, 0.3) is 0 Å². The number of aliphatic hydroxyl groups excluding tert-OH is 4. The number of hydrogen-bond acceptors (Lipinski definition) is 5. The van der Waals surface area contributed by atoms with Gasteiger partial charge >= 0.3 is 0 Å². The molecule has 5 nitrogen and oxygen atoms in total. The van der Waals surface area contributed by atoms with Gasteiger partial charge < -0.3 is 25.2 Å². The van der Waals surface area contributed by atoms with Crippen LogP contribution < -0.4 is 0 Å². The minimum absolute atomic E-state index is 0.366. The smallest absolute Gasteiger partial charge is 0.111 e. The maximum absolute atomic E-state index is 9.23. The fourth-order valence-corrected chi connectivity index (χ4v) is 1.29. The highest BCUT2D eigenvalue weighted by molar-refractivity contribution is 4.89. The van der Waals surface area contributed by atoms with Gasteiger partial charge in [-0.2, -0.15) is 0 Å². The number of rotatable bonds is 1. The lowest BCUT2D eigenvalue weighted by Crippen LogP contribution is -2.57. The Labute approximate surface area is 70.2 Å². The van der Waals surface area contributed by atoms with E-state index in [4.69, 9.17) is 9.84 Å². The topological polar surface area (TPSA) is 90.2 Å². The summed E-state index contributed by atoms with van der Waals surface area (Å²) < 4.78 is 5.02. The molecule has 1 aliphatic rings. The van der Waals surface area contributed by atoms with E-state index in [2.05, 4.69) is 0 Å². The second-order valence-electron chi connectivity index (χ2n) is 3.03. The first-order valence-corrected chi connectivity index (χ1v) is 3.88. The molecule has 0 aromatic heterocycles. The SMILES string of the molecule is C[C@H]1O[C@@H](CO)[C@@H](O)[C@@H](O)[C@H]1O. The molecule has 0 amide bonds. The molecule has 0 aromatic carbocycles. The quantitative estimate of drug-likeness (QED) is 0.367. The minimum atomic E-state index is -1.24. The summed E-state index contributed by atoms with van der Waals surface area (Å²) in [5, 5.41) is 36.4. The van der Waals surface area contributed by atoms with Crippen molar-refractivity contribution in [3.8, 4) is 0 Å². The van der Waals surface area contributed by atoms with Gasteiger partial charge in [0.25, 0.3) is 0 Å². The molecular weight excluding hydrogens is 164 g/mol. The average Bonchev–Trinajstić information content (AvgIpc) is 2.08. The van der Waals surface area contributed by atoms with Crippen molar-refractivity contribution in [3.63, 3.8) is 0 Å². The van der Waals surface area contributed by atoms with Crippen LogP contribution in [0.1, 0.15) is 6.92 Å². The van der Waals surface area contributed by atoms with Gasteiger partial charge in [-0.15, -0.1) is 0 Å².